The molecule has 114 valence electrons. The van der Waals surface area contributed by atoms with E-state index in [1.165, 1.54) is 24.3 Å². The third-order valence-electron chi connectivity index (χ3n) is 3.44. The van der Waals surface area contributed by atoms with Crippen molar-refractivity contribution in [1.29, 1.82) is 0 Å². The Bertz CT molecular complexity index is 849. The minimum Gasteiger partial charge on any atom is -0.309 e. The van der Waals surface area contributed by atoms with Crippen LogP contribution >= 0.6 is 0 Å². The first-order chi connectivity index (χ1) is 10.5. The molecule has 0 spiro atoms. The highest BCUT2D eigenvalue weighted by molar-refractivity contribution is 7.92. The van der Waals surface area contributed by atoms with Gasteiger partial charge in [0.1, 0.15) is 0 Å². The van der Waals surface area contributed by atoms with Gasteiger partial charge in [-0.25, -0.2) is 8.42 Å². The number of benzene rings is 2. The van der Waals surface area contributed by atoms with Gasteiger partial charge in [-0.2, -0.15) is 0 Å². The van der Waals surface area contributed by atoms with Gasteiger partial charge in [-0.1, -0.05) is 18.2 Å². The highest BCUT2D eigenvalue weighted by Gasteiger charge is 2.25. The van der Waals surface area contributed by atoms with E-state index in [1.54, 1.807) is 12.1 Å². The van der Waals surface area contributed by atoms with Gasteiger partial charge in [0.05, 0.1) is 4.92 Å². The number of nitro groups is 1. The van der Waals surface area contributed by atoms with E-state index in [-0.39, 0.29) is 4.90 Å². The van der Waals surface area contributed by atoms with Crippen LogP contribution in [0.3, 0.4) is 0 Å². The molecule has 0 amide bonds. The SMILES string of the molecule is O=[N+]([O-])c1ccccc1S(=O)(=O)Nc1ccc2c(c1)CNC2. The Hall–Kier alpha value is -2.45. The molecule has 0 saturated carbocycles. The lowest BCUT2D eigenvalue weighted by atomic mass is 10.1. The first-order valence-electron chi connectivity index (χ1n) is 6.56. The lowest BCUT2D eigenvalue weighted by Crippen LogP contribution is -2.14. The second kappa shape index (κ2) is 5.39. The number of rotatable bonds is 4. The standard InChI is InChI=1S/C14H13N3O4S/c18-17(19)13-3-1-2-4-14(13)22(20,21)16-12-6-5-10-8-15-9-11(10)7-12/h1-7,15-16H,8-9H2. The van der Waals surface area contributed by atoms with Crippen LogP contribution in [0.2, 0.25) is 0 Å². The van der Waals surface area contributed by atoms with Crippen LogP contribution in [0.4, 0.5) is 11.4 Å². The number of hydrogen-bond donors (Lipinski definition) is 2. The lowest BCUT2D eigenvalue weighted by molar-refractivity contribution is -0.387. The summed E-state index contributed by atoms with van der Waals surface area (Å²) in [5.74, 6) is 0. The number of para-hydroxylation sites is 1. The van der Waals surface area contributed by atoms with Gasteiger partial charge in [-0.3, -0.25) is 14.8 Å². The largest absolute Gasteiger partial charge is 0.309 e. The molecule has 0 fully saturated rings. The van der Waals surface area contributed by atoms with Crippen molar-refractivity contribution in [2.24, 2.45) is 0 Å². The molecule has 0 saturated heterocycles. The fourth-order valence-corrected chi connectivity index (χ4v) is 3.63. The number of fused-ring (bicyclic) bond motifs is 1. The summed E-state index contributed by atoms with van der Waals surface area (Å²) in [4.78, 5) is 9.92. The first-order valence-corrected chi connectivity index (χ1v) is 8.04. The highest BCUT2D eigenvalue weighted by atomic mass is 32.2. The topological polar surface area (TPSA) is 101 Å². The Morgan fingerprint density at radius 3 is 2.59 bits per heavy atom. The van der Waals surface area contributed by atoms with E-state index in [2.05, 4.69) is 10.0 Å². The van der Waals surface area contributed by atoms with Crippen molar-refractivity contribution in [2.75, 3.05) is 4.72 Å². The van der Waals surface area contributed by atoms with E-state index in [4.69, 9.17) is 0 Å². The van der Waals surface area contributed by atoms with Crippen molar-refractivity contribution in [3.63, 3.8) is 0 Å². The molecule has 1 aliphatic heterocycles. The number of nitrogens with zero attached hydrogens (tertiary/aromatic N) is 1. The van der Waals surface area contributed by atoms with Gasteiger partial charge in [-0.05, 0) is 29.3 Å². The summed E-state index contributed by atoms with van der Waals surface area (Å²) in [5, 5.41) is 14.1. The van der Waals surface area contributed by atoms with Crippen LogP contribution in [0.15, 0.2) is 47.4 Å². The Kier molecular flexibility index (Phi) is 3.55. The minimum atomic E-state index is -4.02. The summed E-state index contributed by atoms with van der Waals surface area (Å²) in [5.41, 5.74) is 2.08. The van der Waals surface area contributed by atoms with E-state index in [9.17, 15) is 18.5 Å². The van der Waals surface area contributed by atoms with Crippen LogP contribution in [-0.2, 0) is 23.1 Å². The quantitative estimate of drug-likeness (QED) is 0.663. The normalized spacial score (nSPS) is 13.6. The molecular formula is C14H13N3O4S. The van der Waals surface area contributed by atoms with Crippen LogP contribution in [0, 0.1) is 10.1 Å². The summed E-state index contributed by atoms with van der Waals surface area (Å²) in [6.45, 7) is 1.43. The fourth-order valence-electron chi connectivity index (χ4n) is 2.40. The van der Waals surface area contributed by atoms with Crippen molar-refractivity contribution >= 4 is 21.4 Å². The van der Waals surface area contributed by atoms with Crippen LogP contribution in [0.1, 0.15) is 11.1 Å². The zero-order valence-electron chi connectivity index (χ0n) is 11.4. The molecule has 7 nitrogen and oxygen atoms in total. The number of anilines is 1. The molecule has 0 bridgehead atoms. The number of nitrogens with one attached hydrogen (secondary N) is 2. The Labute approximate surface area is 127 Å². The Balaban J connectivity index is 1.96. The fraction of sp³-hybridized carbons (Fsp3) is 0.143. The molecule has 3 rings (SSSR count). The molecule has 8 heteroatoms. The molecule has 2 aromatic rings. The minimum absolute atomic E-state index is 0.348. The number of hydrogen-bond acceptors (Lipinski definition) is 5. The average Bonchev–Trinajstić information content (AvgIpc) is 2.94. The van der Waals surface area contributed by atoms with Crippen molar-refractivity contribution in [1.82, 2.24) is 5.32 Å². The molecule has 0 unspecified atom stereocenters. The van der Waals surface area contributed by atoms with Gasteiger partial charge in [0.2, 0.25) is 0 Å². The summed E-state index contributed by atoms with van der Waals surface area (Å²) in [7, 11) is -4.02. The van der Waals surface area contributed by atoms with E-state index in [0.29, 0.717) is 12.2 Å². The molecule has 2 N–H and O–H groups in total. The van der Waals surface area contributed by atoms with Crippen molar-refractivity contribution in [2.45, 2.75) is 18.0 Å². The monoisotopic (exact) mass is 319 g/mol. The summed E-state index contributed by atoms with van der Waals surface area (Å²) in [6.07, 6.45) is 0. The molecule has 0 atom stereocenters. The van der Waals surface area contributed by atoms with Crippen molar-refractivity contribution < 1.29 is 13.3 Å². The summed E-state index contributed by atoms with van der Waals surface area (Å²) >= 11 is 0. The highest BCUT2D eigenvalue weighted by Crippen LogP contribution is 2.26. The maximum absolute atomic E-state index is 12.4. The van der Waals surface area contributed by atoms with E-state index in [1.807, 2.05) is 6.07 Å². The molecule has 0 aliphatic carbocycles. The second-order valence-electron chi connectivity index (χ2n) is 4.92. The molecule has 1 heterocycles. The summed E-state index contributed by atoms with van der Waals surface area (Å²) < 4.78 is 27.2. The molecule has 2 aromatic carbocycles. The molecular weight excluding hydrogens is 306 g/mol. The van der Waals surface area contributed by atoms with Gasteiger partial charge in [0.15, 0.2) is 4.90 Å². The Morgan fingerprint density at radius 1 is 1.09 bits per heavy atom. The van der Waals surface area contributed by atoms with Gasteiger partial charge in [0.25, 0.3) is 15.7 Å². The predicted octanol–water partition coefficient (Wildman–Crippen LogP) is 2.00. The third-order valence-corrected chi connectivity index (χ3v) is 4.87. The number of sulfonamides is 1. The molecule has 0 radical (unpaired) electrons. The molecule has 22 heavy (non-hydrogen) atoms. The predicted molar refractivity (Wildman–Crippen MR) is 80.9 cm³/mol. The van der Waals surface area contributed by atoms with E-state index >= 15 is 0 Å². The Morgan fingerprint density at radius 2 is 1.82 bits per heavy atom. The average molecular weight is 319 g/mol. The van der Waals surface area contributed by atoms with Crippen LogP contribution in [-0.4, -0.2) is 13.3 Å². The van der Waals surface area contributed by atoms with Crippen molar-refractivity contribution in [3.05, 3.63) is 63.7 Å². The lowest BCUT2D eigenvalue weighted by Gasteiger charge is -2.09. The van der Waals surface area contributed by atoms with Gasteiger partial charge in [0, 0.05) is 24.8 Å². The second-order valence-corrected chi connectivity index (χ2v) is 6.57. The van der Waals surface area contributed by atoms with E-state index < -0.39 is 20.6 Å². The zero-order chi connectivity index (χ0) is 15.7. The number of nitro benzene ring substituents is 1. The maximum Gasteiger partial charge on any atom is 0.289 e. The first kappa shape index (κ1) is 14.5. The van der Waals surface area contributed by atoms with Gasteiger partial charge >= 0.3 is 0 Å². The zero-order valence-corrected chi connectivity index (χ0v) is 12.3. The smallest absolute Gasteiger partial charge is 0.289 e. The maximum atomic E-state index is 12.4. The summed E-state index contributed by atoms with van der Waals surface area (Å²) in [6, 6.07) is 10.5. The van der Waals surface area contributed by atoms with Crippen molar-refractivity contribution in [3.8, 4) is 0 Å². The molecule has 0 aromatic heterocycles. The van der Waals surface area contributed by atoms with E-state index in [0.717, 1.165) is 17.7 Å². The molecule has 1 aliphatic rings. The van der Waals surface area contributed by atoms with Crippen LogP contribution in [0.25, 0.3) is 0 Å². The van der Waals surface area contributed by atoms with Gasteiger partial charge < -0.3 is 5.32 Å². The van der Waals surface area contributed by atoms with Crippen LogP contribution < -0.4 is 10.0 Å². The van der Waals surface area contributed by atoms with Crippen LogP contribution in [0.5, 0.6) is 0 Å². The van der Waals surface area contributed by atoms with Gasteiger partial charge in [-0.15, -0.1) is 0 Å². The third kappa shape index (κ3) is 2.66.